The van der Waals surface area contributed by atoms with Crippen molar-refractivity contribution < 1.29 is 13.9 Å². The molecule has 14 heavy (non-hydrogen) atoms. The standard InChI is InChI=1S/C10H7ClO3/c1-13-7-2-3-8-6(4-7)5-9(14-8)10(11)12/h2-5H,1H3. The summed E-state index contributed by atoms with van der Waals surface area (Å²) in [6.07, 6.45) is 0. The van der Waals surface area contributed by atoms with Crippen LogP contribution in [0, 0.1) is 0 Å². The molecule has 0 aliphatic heterocycles. The Balaban J connectivity index is 2.60. The SMILES string of the molecule is COc1ccc2oc(C(=O)Cl)cc2c1. The first kappa shape index (κ1) is 9.09. The number of carbonyl (C=O) groups is 1. The lowest BCUT2D eigenvalue weighted by Crippen LogP contribution is -1.81. The summed E-state index contributed by atoms with van der Waals surface area (Å²) in [4.78, 5) is 10.8. The van der Waals surface area contributed by atoms with Crippen molar-refractivity contribution >= 4 is 27.8 Å². The largest absolute Gasteiger partial charge is 0.497 e. The van der Waals surface area contributed by atoms with Crippen LogP contribution in [0.25, 0.3) is 11.0 Å². The van der Waals surface area contributed by atoms with Gasteiger partial charge in [-0.2, -0.15) is 0 Å². The number of methoxy groups -OCH3 is 1. The minimum Gasteiger partial charge on any atom is -0.497 e. The van der Waals surface area contributed by atoms with Crippen LogP contribution < -0.4 is 4.74 Å². The molecule has 0 atom stereocenters. The normalized spacial score (nSPS) is 10.4. The van der Waals surface area contributed by atoms with Gasteiger partial charge in [0.2, 0.25) is 0 Å². The van der Waals surface area contributed by atoms with Crippen molar-refractivity contribution in [3.63, 3.8) is 0 Å². The van der Waals surface area contributed by atoms with E-state index in [0.29, 0.717) is 11.3 Å². The van der Waals surface area contributed by atoms with E-state index in [-0.39, 0.29) is 5.76 Å². The number of halogens is 1. The highest BCUT2D eigenvalue weighted by Crippen LogP contribution is 2.24. The topological polar surface area (TPSA) is 39.4 Å². The van der Waals surface area contributed by atoms with Crippen molar-refractivity contribution in [1.29, 1.82) is 0 Å². The first-order valence-corrected chi connectivity index (χ1v) is 4.36. The number of hydrogen-bond donors (Lipinski definition) is 0. The average molecular weight is 211 g/mol. The summed E-state index contributed by atoms with van der Waals surface area (Å²) in [5, 5.41) is 0.202. The maximum absolute atomic E-state index is 10.8. The molecule has 0 saturated carbocycles. The maximum Gasteiger partial charge on any atom is 0.287 e. The zero-order valence-electron chi connectivity index (χ0n) is 7.41. The molecule has 0 radical (unpaired) electrons. The van der Waals surface area contributed by atoms with Crippen molar-refractivity contribution in [3.8, 4) is 5.75 Å². The van der Waals surface area contributed by atoms with E-state index in [1.54, 1.807) is 31.4 Å². The van der Waals surface area contributed by atoms with Crippen LogP contribution in [0.5, 0.6) is 5.75 Å². The molecule has 1 aromatic carbocycles. The molecular weight excluding hydrogens is 204 g/mol. The minimum absolute atomic E-state index is 0.148. The second-order valence-electron chi connectivity index (χ2n) is 2.79. The summed E-state index contributed by atoms with van der Waals surface area (Å²) in [5.41, 5.74) is 0.620. The van der Waals surface area contributed by atoms with E-state index in [0.717, 1.165) is 5.39 Å². The molecule has 2 rings (SSSR count). The molecule has 0 spiro atoms. The van der Waals surface area contributed by atoms with Crippen molar-refractivity contribution in [3.05, 3.63) is 30.0 Å². The highest BCUT2D eigenvalue weighted by Gasteiger charge is 2.09. The van der Waals surface area contributed by atoms with Gasteiger partial charge in [-0.1, -0.05) is 0 Å². The lowest BCUT2D eigenvalue weighted by Gasteiger charge is -1.96. The quantitative estimate of drug-likeness (QED) is 0.716. The van der Waals surface area contributed by atoms with E-state index in [4.69, 9.17) is 20.8 Å². The Morgan fingerprint density at radius 1 is 1.43 bits per heavy atom. The van der Waals surface area contributed by atoms with Gasteiger partial charge in [0.25, 0.3) is 5.24 Å². The third-order valence-corrected chi connectivity index (χ3v) is 2.10. The Labute approximate surface area is 85.2 Å². The van der Waals surface area contributed by atoms with Crippen LogP contribution in [0.4, 0.5) is 0 Å². The van der Waals surface area contributed by atoms with Gasteiger partial charge in [-0.3, -0.25) is 4.79 Å². The van der Waals surface area contributed by atoms with Crippen molar-refractivity contribution in [1.82, 2.24) is 0 Å². The summed E-state index contributed by atoms with van der Waals surface area (Å²) < 4.78 is 10.2. The first-order chi connectivity index (χ1) is 6.70. The third-order valence-electron chi connectivity index (χ3n) is 1.92. The van der Waals surface area contributed by atoms with Crippen LogP contribution in [0.2, 0.25) is 0 Å². The Bertz CT molecular complexity index is 487. The third kappa shape index (κ3) is 1.46. The van der Waals surface area contributed by atoms with Gasteiger partial charge >= 0.3 is 0 Å². The number of carbonyl (C=O) groups excluding carboxylic acids is 1. The number of furan rings is 1. The maximum atomic E-state index is 10.8. The van der Waals surface area contributed by atoms with Gasteiger partial charge in [0.05, 0.1) is 7.11 Å². The molecule has 0 unspecified atom stereocenters. The Morgan fingerprint density at radius 2 is 2.21 bits per heavy atom. The molecule has 0 amide bonds. The van der Waals surface area contributed by atoms with Crippen LogP contribution >= 0.6 is 11.6 Å². The second-order valence-corrected chi connectivity index (χ2v) is 3.13. The molecule has 0 aliphatic rings. The molecular formula is C10H7ClO3. The van der Waals surface area contributed by atoms with Gasteiger partial charge in [-0.25, -0.2) is 0 Å². The highest BCUT2D eigenvalue weighted by atomic mass is 35.5. The molecule has 2 aromatic rings. The summed E-state index contributed by atoms with van der Waals surface area (Å²) in [6, 6.07) is 6.86. The molecule has 0 N–H and O–H groups in total. The van der Waals surface area contributed by atoms with E-state index in [9.17, 15) is 4.79 Å². The number of hydrogen-bond acceptors (Lipinski definition) is 3. The molecule has 0 bridgehead atoms. The van der Waals surface area contributed by atoms with Crippen molar-refractivity contribution in [2.24, 2.45) is 0 Å². The van der Waals surface area contributed by atoms with Crippen LogP contribution in [0.15, 0.2) is 28.7 Å². The highest BCUT2D eigenvalue weighted by molar-refractivity contribution is 6.67. The first-order valence-electron chi connectivity index (χ1n) is 3.98. The Morgan fingerprint density at radius 3 is 2.86 bits per heavy atom. The predicted molar refractivity (Wildman–Crippen MR) is 52.9 cm³/mol. The van der Waals surface area contributed by atoms with E-state index < -0.39 is 5.24 Å². The molecule has 4 heteroatoms. The van der Waals surface area contributed by atoms with Gasteiger partial charge < -0.3 is 9.15 Å². The zero-order chi connectivity index (χ0) is 10.1. The summed E-state index contributed by atoms with van der Waals surface area (Å²) in [7, 11) is 1.58. The number of benzene rings is 1. The molecule has 3 nitrogen and oxygen atoms in total. The van der Waals surface area contributed by atoms with E-state index in [1.807, 2.05) is 0 Å². The van der Waals surface area contributed by atoms with Crippen LogP contribution in [-0.4, -0.2) is 12.4 Å². The molecule has 1 heterocycles. The fourth-order valence-corrected chi connectivity index (χ4v) is 1.34. The number of fused-ring (bicyclic) bond motifs is 1. The zero-order valence-corrected chi connectivity index (χ0v) is 8.17. The van der Waals surface area contributed by atoms with Crippen LogP contribution in [0.3, 0.4) is 0 Å². The van der Waals surface area contributed by atoms with Gasteiger partial charge in [0, 0.05) is 5.39 Å². The van der Waals surface area contributed by atoms with Gasteiger partial charge in [-0.05, 0) is 35.9 Å². The van der Waals surface area contributed by atoms with Crippen molar-refractivity contribution in [2.45, 2.75) is 0 Å². The number of rotatable bonds is 2. The van der Waals surface area contributed by atoms with Crippen LogP contribution in [-0.2, 0) is 0 Å². The van der Waals surface area contributed by atoms with Crippen LogP contribution in [0.1, 0.15) is 10.6 Å². The van der Waals surface area contributed by atoms with Gasteiger partial charge in [0.15, 0.2) is 5.76 Å². The monoisotopic (exact) mass is 210 g/mol. The summed E-state index contributed by atoms with van der Waals surface area (Å²) in [6.45, 7) is 0. The summed E-state index contributed by atoms with van der Waals surface area (Å²) in [5.74, 6) is 0.863. The number of ether oxygens (including phenoxy) is 1. The molecule has 0 saturated heterocycles. The van der Waals surface area contributed by atoms with Gasteiger partial charge in [-0.15, -0.1) is 0 Å². The minimum atomic E-state index is -0.597. The summed E-state index contributed by atoms with van der Waals surface area (Å²) >= 11 is 5.28. The molecule has 0 aliphatic carbocycles. The predicted octanol–water partition coefficient (Wildman–Crippen LogP) is 2.82. The molecule has 1 aromatic heterocycles. The lowest BCUT2D eigenvalue weighted by atomic mass is 10.2. The van der Waals surface area contributed by atoms with E-state index >= 15 is 0 Å². The fraction of sp³-hybridized carbons (Fsp3) is 0.100. The van der Waals surface area contributed by atoms with E-state index in [1.165, 1.54) is 0 Å². The molecule has 72 valence electrons. The second kappa shape index (κ2) is 3.35. The smallest absolute Gasteiger partial charge is 0.287 e. The van der Waals surface area contributed by atoms with Crippen molar-refractivity contribution in [2.75, 3.05) is 7.11 Å². The average Bonchev–Trinajstić information content (AvgIpc) is 2.59. The van der Waals surface area contributed by atoms with E-state index in [2.05, 4.69) is 0 Å². The Hall–Kier alpha value is -1.48. The Kier molecular flexibility index (Phi) is 2.17. The molecule has 0 fully saturated rings. The van der Waals surface area contributed by atoms with Gasteiger partial charge in [0.1, 0.15) is 11.3 Å². The lowest BCUT2D eigenvalue weighted by molar-refractivity contribution is 0.105. The fourth-order valence-electron chi connectivity index (χ4n) is 1.25.